The molecule has 5 heteroatoms. The number of aromatic nitrogens is 2. The molecule has 1 aliphatic rings. The number of nitrogens with zero attached hydrogens (tertiary/aromatic N) is 3. The Labute approximate surface area is 148 Å². The summed E-state index contributed by atoms with van der Waals surface area (Å²) < 4.78 is 1.28. The molecule has 1 saturated heterocycles. The van der Waals surface area contributed by atoms with Gasteiger partial charge in [-0.25, -0.2) is 4.68 Å². The highest BCUT2D eigenvalue weighted by Gasteiger charge is 2.21. The molecule has 5 nitrogen and oxygen atoms in total. The van der Waals surface area contributed by atoms with Gasteiger partial charge in [0.2, 0.25) is 5.91 Å². The molecule has 3 rings (SSSR count). The van der Waals surface area contributed by atoms with Crippen LogP contribution in [0.25, 0.3) is 11.3 Å². The molecule has 0 aliphatic carbocycles. The van der Waals surface area contributed by atoms with Gasteiger partial charge in [0, 0.05) is 24.7 Å². The first-order valence-corrected chi connectivity index (χ1v) is 8.87. The van der Waals surface area contributed by atoms with E-state index in [1.54, 1.807) is 6.07 Å². The van der Waals surface area contributed by atoms with Gasteiger partial charge in [0.05, 0.1) is 5.69 Å². The lowest BCUT2D eigenvalue weighted by Gasteiger charge is -2.30. The Morgan fingerprint density at radius 3 is 2.52 bits per heavy atom. The zero-order valence-corrected chi connectivity index (χ0v) is 15.2. The Hall–Kier alpha value is -2.43. The summed E-state index contributed by atoms with van der Waals surface area (Å²) >= 11 is 0. The normalized spacial score (nSPS) is 15.4. The number of benzene rings is 1. The number of hydrogen-bond donors (Lipinski definition) is 0. The number of carbonyl (C=O) groups is 1. The van der Waals surface area contributed by atoms with E-state index in [4.69, 9.17) is 0 Å². The van der Waals surface area contributed by atoms with E-state index in [9.17, 15) is 9.59 Å². The van der Waals surface area contributed by atoms with E-state index in [1.165, 1.54) is 21.9 Å². The van der Waals surface area contributed by atoms with E-state index in [2.05, 4.69) is 31.9 Å². The summed E-state index contributed by atoms with van der Waals surface area (Å²) in [5, 5.41) is 4.42. The molecule has 2 aromatic rings. The highest BCUT2D eigenvalue weighted by Crippen LogP contribution is 2.19. The molecule has 0 atom stereocenters. The van der Waals surface area contributed by atoms with Crippen LogP contribution in [0.1, 0.15) is 30.9 Å². The van der Waals surface area contributed by atoms with Gasteiger partial charge in [-0.05, 0) is 55.9 Å². The second kappa shape index (κ2) is 7.21. The van der Waals surface area contributed by atoms with Crippen molar-refractivity contribution in [2.45, 2.75) is 40.2 Å². The lowest BCUT2D eigenvalue weighted by atomic mass is 9.99. The van der Waals surface area contributed by atoms with Crippen LogP contribution in [0.15, 0.2) is 35.1 Å². The highest BCUT2D eigenvalue weighted by molar-refractivity contribution is 5.76. The van der Waals surface area contributed by atoms with Crippen molar-refractivity contribution in [3.63, 3.8) is 0 Å². The van der Waals surface area contributed by atoms with Crippen molar-refractivity contribution < 1.29 is 4.79 Å². The lowest BCUT2D eigenvalue weighted by molar-refractivity contribution is -0.133. The summed E-state index contributed by atoms with van der Waals surface area (Å²) in [6.07, 6.45) is 2.05. The average molecular weight is 339 g/mol. The van der Waals surface area contributed by atoms with Crippen molar-refractivity contribution in [3.8, 4) is 11.3 Å². The van der Waals surface area contributed by atoms with Gasteiger partial charge in [-0.2, -0.15) is 5.10 Å². The number of carbonyl (C=O) groups excluding carboxylic acids is 1. The number of amides is 1. The maximum absolute atomic E-state index is 12.5. The smallest absolute Gasteiger partial charge is 0.267 e. The third kappa shape index (κ3) is 3.98. The number of hydrogen-bond acceptors (Lipinski definition) is 3. The SMILES string of the molecule is Cc1ccc(-c2ccc(=O)n(CC(=O)N3CCC(C)CC3)n2)cc1C. The molecular weight excluding hydrogens is 314 g/mol. The van der Waals surface area contributed by atoms with Gasteiger partial charge in [0.15, 0.2) is 0 Å². The Balaban J connectivity index is 1.81. The van der Waals surface area contributed by atoms with Crippen LogP contribution in [0.5, 0.6) is 0 Å². The van der Waals surface area contributed by atoms with Gasteiger partial charge >= 0.3 is 0 Å². The zero-order chi connectivity index (χ0) is 18.0. The molecule has 0 saturated carbocycles. The lowest BCUT2D eigenvalue weighted by Crippen LogP contribution is -2.41. The van der Waals surface area contributed by atoms with Gasteiger partial charge in [0.25, 0.3) is 5.56 Å². The van der Waals surface area contributed by atoms with E-state index in [1.807, 2.05) is 17.0 Å². The summed E-state index contributed by atoms with van der Waals surface area (Å²) in [5.74, 6) is 0.636. The average Bonchev–Trinajstić information content (AvgIpc) is 2.60. The van der Waals surface area contributed by atoms with Gasteiger partial charge in [-0.1, -0.05) is 19.1 Å². The van der Waals surface area contributed by atoms with Crippen LogP contribution in [0.3, 0.4) is 0 Å². The maximum atomic E-state index is 12.5. The minimum atomic E-state index is -0.244. The van der Waals surface area contributed by atoms with E-state index < -0.39 is 0 Å². The predicted octanol–water partition coefficient (Wildman–Crippen LogP) is 2.79. The summed E-state index contributed by atoms with van der Waals surface area (Å²) in [4.78, 5) is 26.5. The first kappa shape index (κ1) is 17.4. The maximum Gasteiger partial charge on any atom is 0.267 e. The third-order valence-corrected chi connectivity index (χ3v) is 5.09. The van der Waals surface area contributed by atoms with Gasteiger partial charge in [-0.3, -0.25) is 9.59 Å². The molecule has 0 N–H and O–H groups in total. The van der Waals surface area contributed by atoms with Crippen LogP contribution >= 0.6 is 0 Å². The molecule has 1 aromatic heterocycles. The molecule has 2 heterocycles. The number of piperidine rings is 1. The van der Waals surface area contributed by atoms with Gasteiger partial charge in [0.1, 0.15) is 6.54 Å². The van der Waals surface area contributed by atoms with Crippen molar-refractivity contribution in [1.29, 1.82) is 0 Å². The molecule has 1 amide bonds. The van der Waals surface area contributed by atoms with Crippen molar-refractivity contribution in [3.05, 3.63) is 51.8 Å². The van der Waals surface area contributed by atoms with Crippen molar-refractivity contribution in [2.24, 2.45) is 5.92 Å². The number of likely N-dealkylation sites (tertiary alicyclic amines) is 1. The van der Waals surface area contributed by atoms with Gasteiger partial charge in [-0.15, -0.1) is 0 Å². The quantitative estimate of drug-likeness (QED) is 0.864. The first-order valence-electron chi connectivity index (χ1n) is 8.87. The Morgan fingerprint density at radius 2 is 1.84 bits per heavy atom. The Bertz CT molecular complexity index is 833. The minimum absolute atomic E-state index is 0.00585. The van der Waals surface area contributed by atoms with Crippen LogP contribution in [-0.2, 0) is 11.3 Å². The molecule has 1 aromatic carbocycles. The van der Waals surface area contributed by atoms with Crippen LogP contribution < -0.4 is 5.56 Å². The van der Waals surface area contributed by atoms with Crippen molar-refractivity contribution in [2.75, 3.05) is 13.1 Å². The third-order valence-electron chi connectivity index (χ3n) is 5.09. The van der Waals surface area contributed by atoms with Crippen molar-refractivity contribution in [1.82, 2.24) is 14.7 Å². The molecule has 1 aliphatic heterocycles. The minimum Gasteiger partial charge on any atom is -0.341 e. The van der Waals surface area contributed by atoms with Gasteiger partial charge < -0.3 is 4.90 Å². The standard InChI is InChI=1S/C20H25N3O2/c1-14-8-10-22(11-9-14)20(25)13-23-19(24)7-6-18(21-23)17-5-4-15(2)16(3)12-17/h4-7,12,14H,8-11,13H2,1-3H3. The molecule has 0 unspecified atom stereocenters. The Morgan fingerprint density at radius 1 is 1.12 bits per heavy atom. The second-order valence-corrected chi connectivity index (χ2v) is 7.08. The van der Waals surface area contributed by atoms with Crippen LogP contribution in [0.2, 0.25) is 0 Å². The fraction of sp³-hybridized carbons (Fsp3) is 0.450. The molecule has 1 fully saturated rings. The molecule has 0 bridgehead atoms. The molecule has 25 heavy (non-hydrogen) atoms. The monoisotopic (exact) mass is 339 g/mol. The molecule has 132 valence electrons. The molecule has 0 spiro atoms. The molecule has 0 radical (unpaired) electrons. The predicted molar refractivity (Wildman–Crippen MR) is 98.4 cm³/mol. The topological polar surface area (TPSA) is 55.2 Å². The number of rotatable bonds is 3. The van der Waals surface area contributed by atoms with E-state index >= 15 is 0 Å². The summed E-state index contributed by atoms with van der Waals surface area (Å²) in [7, 11) is 0. The largest absolute Gasteiger partial charge is 0.341 e. The summed E-state index contributed by atoms with van der Waals surface area (Å²) in [6.45, 7) is 7.87. The van der Waals surface area contributed by atoms with Crippen LogP contribution in [0.4, 0.5) is 0 Å². The van der Waals surface area contributed by atoms with Crippen LogP contribution in [-0.4, -0.2) is 33.7 Å². The summed E-state index contributed by atoms with van der Waals surface area (Å²) in [6, 6.07) is 9.30. The number of aryl methyl sites for hydroxylation is 2. The van der Waals surface area contributed by atoms with E-state index in [0.717, 1.165) is 31.5 Å². The molecular formula is C20H25N3O2. The van der Waals surface area contributed by atoms with E-state index in [-0.39, 0.29) is 18.0 Å². The first-order chi connectivity index (χ1) is 11.9. The van der Waals surface area contributed by atoms with Crippen molar-refractivity contribution >= 4 is 5.91 Å². The fourth-order valence-corrected chi connectivity index (χ4v) is 3.10. The highest BCUT2D eigenvalue weighted by atomic mass is 16.2. The fourth-order valence-electron chi connectivity index (χ4n) is 3.10. The van der Waals surface area contributed by atoms with E-state index in [0.29, 0.717) is 11.6 Å². The summed E-state index contributed by atoms with van der Waals surface area (Å²) in [5.41, 5.74) is 3.81. The zero-order valence-electron chi connectivity index (χ0n) is 15.2. The second-order valence-electron chi connectivity index (χ2n) is 7.08. The Kier molecular flexibility index (Phi) is 5.02. The van der Waals surface area contributed by atoms with Crippen LogP contribution in [0, 0.1) is 19.8 Å².